The summed E-state index contributed by atoms with van der Waals surface area (Å²) in [5.41, 5.74) is -0.122. The molecule has 0 aliphatic rings. The second-order valence-corrected chi connectivity index (χ2v) is 2.75. The maximum Gasteiger partial charge on any atom is 0.338 e. The highest BCUT2D eigenvalue weighted by Gasteiger charge is 2.15. The van der Waals surface area contributed by atoms with E-state index in [1.807, 2.05) is 0 Å². The number of esters is 1. The van der Waals surface area contributed by atoms with Crippen LogP contribution in [-0.2, 0) is 11.3 Å². The first-order chi connectivity index (χ1) is 7.13. The van der Waals surface area contributed by atoms with E-state index in [0.717, 1.165) is 19.2 Å². The molecule has 4 nitrogen and oxygen atoms in total. The molecule has 0 aliphatic heterocycles. The summed E-state index contributed by atoms with van der Waals surface area (Å²) in [5, 5.41) is 17.5. The molecule has 0 fully saturated rings. The first-order valence-electron chi connectivity index (χ1n) is 4.05. The molecule has 0 saturated heterocycles. The third-order valence-electron chi connectivity index (χ3n) is 1.89. The Hall–Kier alpha value is -1.93. The molecule has 1 N–H and O–H groups in total. The summed E-state index contributed by atoms with van der Waals surface area (Å²) in [6.45, 7) is -0.459. The van der Waals surface area contributed by atoms with E-state index in [1.165, 1.54) is 0 Å². The average Bonchev–Trinajstić information content (AvgIpc) is 2.27. The SMILES string of the molecule is COC(=O)c1cc(F)c(C#N)cc1CO. The topological polar surface area (TPSA) is 70.3 Å². The smallest absolute Gasteiger partial charge is 0.338 e. The lowest BCUT2D eigenvalue weighted by atomic mass is 10.0. The molecule has 0 saturated carbocycles. The van der Waals surface area contributed by atoms with Crippen LogP contribution in [0, 0.1) is 17.1 Å². The maximum atomic E-state index is 13.2. The Balaban J connectivity index is 3.35. The van der Waals surface area contributed by atoms with Crippen molar-refractivity contribution < 1.29 is 19.0 Å². The lowest BCUT2D eigenvalue weighted by Crippen LogP contribution is -2.07. The molecule has 0 bridgehead atoms. The molecular weight excluding hydrogens is 201 g/mol. The number of benzene rings is 1. The molecule has 0 spiro atoms. The first-order valence-corrected chi connectivity index (χ1v) is 4.05. The molecule has 0 heterocycles. The highest BCUT2D eigenvalue weighted by molar-refractivity contribution is 5.91. The van der Waals surface area contributed by atoms with Gasteiger partial charge in [-0.1, -0.05) is 0 Å². The Bertz CT molecular complexity index is 437. The summed E-state index contributed by atoms with van der Waals surface area (Å²) >= 11 is 0. The molecule has 0 amide bonds. The van der Waals surface area contributed by atoms with Crippen LogP contribution in [0.2, 0.25) is 0 Å². The third-order valence-corrected chi connectivity index (χ3v) is 1.89. The zero-order chi connectivity index (χ0) is 11.4. The van der Waals surface area contributed by atoms with Crippen LogP contribution in [-0.4, -0.2) is 18.2 Å². The molecule has 5 heteroatoms. The number of ether oxygens (including phenoxy) is 1. The van der Waals surface area contributed by atoms with Crippen molar-refractivity contribution in [1.29, 1.82) is 5.26 Å². The monoisotopic (exact) mass is 209 g/mol. The number of rotatable bonds is 2. The predicted octanol–water partition coefficient (Wildman–Crippen LogP) is 0.976. The number of carbonyl (C=O) groups is 1. The standard InChI is InChI=1S/C10H8FNO3/c1-15-10(14)8-3-9(11)6(4-12)2-7(8)5-13/h2-3,13H,5H2,1H3. The fourth-order valence-electron chi connectivity index (χ4n) is 1.13. The molecule has 15 heavy (non-hydrogen) atoms. The molecular formula is C10H8FNO3. The second kappa shape index (κ2) is 4.53. The summed E-state index contributed by atoms with van der Waals surface area (Å²) in [6.07, 6.45) is 0. The van der Waals surface area contributed by atoms with Gasteiger partial charge in [0.05, 0.1) is 24.8 Å². The number of nitrogens with zero attached hydrogens (tertiary/aromatic N) is 1. The molecule has 0 unspecified atom stereocenters. The van der Waals surface area contributed by atoms with Gasteiger partial charge in [0.25, 0.3) is 0 Å². The number of methoxy groups -OCH3 is 1. The van der Waals surface area contributed by atoms with Crippen LogP contribution in [0.1, 0.15) is 21.5 Å². The van der Waals surface area contributed by atoms with Gasteiger partial charge < -0.3 is 9.84 Å². The third kappa shape index (κ3) is 2.11. The second-order valence-electron chi connectivity index (χ2n) is 2.75. The van der Waals surface area contributed by atoms with E-state index >= 15 is 0 Å². The van der Waals surface area contributed by atoms with Crippen LogP contribution in [0.25, 0.3) is 0 Å². The molecule has 0 aromatic heterocycles. The van der Waals surface area contributed by atoms with Gasteiger partial charge >= 0.3 is 5.97 Å². The zero-order valence-electron chi connectivity index (χ0n) is 7.95. The molecule has 1 aromatic carbocycles. The van der Waals surface area contributed by atoms with Gasteiger partial charge in [-0.05, 0) is 17.7 Å². The number of hydrogen-bond donors (Lipinski definition) is 1. The fraction of sp³-hybridized carbons (Fsp3) is 0.200. The number of halogens is 1. The van der Waals surface area contributed by atoms with Gasteiger partial charge in [0, 0.05) is 0 Å². The number of aliphatic hydroxyl groups is 1. The lowest BCUT2D eigenvalue weighted by Gasteiger charge is -2.06. The minimum absolute atomic E-state index is 0.0727. The Morgan fingerprint density at radius 1 is 1.67 bits per heavy atom. The molecule has 78 valence electrons. The minimum atomic E-state index is -0.810. The van der Waals surface area contributed by atoms with Crippen LogP contribution >= 0.6 is 0 Å². The van der Waals surface area contributed by atoms with Gasteiger partial charge in [0.1, 0.15) is 11.9 Å². The highest BCUT2D eigenvalue weighted by atomic mass is 19.1. The van der Waals surface area contributed by atoms with Crippen molar-refractivity contribution in [3.05, 3.63) is 34.6 Å². The van der Waals surface area contributed by atoms with Gasteiger partial charge in [-0.15, -0.1) is 0 Å². The minimum Gasteiger partial charge on any atom is -0.465 e. The van der Waals surface area contributed by atoms with Crippen molar-refractivity contribution in [3.63, 3.8) is 0 Å². The van der Waals surface area contributed by atoms with Crippen LogP contribution < -0.4 is 0 Å². The van der Waals surface area contributed by atoms with E-state index < -0.39 is 18.4 Å². The average molecular weight is 209 g/mol. The Kier molecular flexibility index (Phi) is 3.37. The molecule has 0 radical (unpaired) electrons. The first kappa shape index (κ1) is 11.1. The van der Waals surface area contributed by atoms with Crippen molar-refractivity contribution in [2.45, 2.75) is 6.61 Å². The maximum absolute atomic E-state index is 13.2. The zero-order valence-corrected chi connectivity index (χ0v) is 7.95. The van der Waals surface area contributed by atoms with Gasteiger partial charge in [-0.2, -0.15) is 5.26 Å². The summed E-state index contributed by atoms with van der Waals surface area (Å²) in [6, 6.07) is 3.63. The summed E-state index contributed by atoms with van der Waals surface area (Å²) < 4.78 is 17.6. The Morgan fingerprint density at radius 3 is 2.80 bits per heavy atom. The quantitative estimate of drug-likeness (QED) is 0.737. The molecule has 1 rings (SSSR count). The summed E-state index contributed by atoms with van der Waals surface area (Å²) in [5.74, 6) is -1.56. The lowest BCUT2D eigenvalue weighted by molar-refractivity contribution is 0.0596. The normalized spacial score (nSPS) is 9.47. The van der Waals surface area contributed by atoms with E-state index in [4.69, 9.17) is 10.4 Å². The van der Waals surface area contributed by atoms with Gasteiger partial charge in [0.2, 0.25) is 0 Å². The molecule has 0 aliphatic carbocycles. The van der Waals surface area contributed by atoms with Gasteiger partial charge in [-0.25, -0.2) is 9.18 Å². The summed E-state index contributed by atoms with van der Waals surface area (Å²) in [4.78, 5) is 11.2. The van der Waals surface area contributed by atoms with Gasteiger partial charge in [-0.3, -0.25) is 0 Å². The largest absolute Gasteiger partial charge is 0.465 e. The van der Waals surface area contributed by atoms with E-state index in [2.05, 4.69) is 4.74 Å². The van der Waals surface area contributed by atoms with Crippen LogP contribution in [0.3, 0.4) is 0 Å². The number of carbonyl (C=O) groups excluding carboxylic acids is 1. The van der Waals surface area contributed by atoms with E-state index in [1.54, 1.807) is 6.07 Å². The molecule has 0 atom stereocenters. The molecule has 1 aromatic rings. The Morgan fingerprint density at radius 2 is 2.33 bits per heavy atom. The van der Waals surface area contributed by atoms with Crippen LogP contribution in [0.5, 0.6) is 0 Å². The van der Waals surface area contributed by atoms with E-state index in [9.17, 15) is 9.18 Å². The number of aliphatic hydroxyl groups excluding tert-OH is 1. The van der Waals surface area contributed by atoms with Crippen LogP contribution in [0.15, 0.2) is 12.1 Å². The van der Waals surface area contributed by atoms with E-state index in [-0.39, 0.29) is 16.7 Å². The predicted molar refractivity (Wildman–Crippen MR) is 48.4 cm³/mol. The summed E-state index contributed by atoms with van der Waals surface area (Å²) in [7, 11) is 1.15. The number of hydrogen-bond acceptors (Lipinski definition) is 4. The fourth-order valence-corrected chi connectivity index (χ4v) is 1.13. The highest BCUT2D eigenvalue weighted by Crippen LogP contribution is 2.16. The van der Waals surface area contributed by atoms with E-state index in [0.29, 0.717) is 0 Å². The van der Waals surface area contributed by atoms with Crippen LogP contribution in [0.4, 0.5) is 4.39 Å². The van der Waals surface area contributed by atoms with Crippen molar-refractivity contribution >= 4 is 5.97 Å². The number of nitriles is 1. The van der Waals surface area contributed by atoms with Crippen molar-refractivity contribution in [2.24, 2.45) is 0 Å². The van der Waals surface area contributed by atoms with Crippen molar-refractivity contribution in [1.82, 2.24) is 0 Å². The Labute approximate surface area is 85.5 Å². The van der Waals surface area contributed by atoms with Crippen molar-refractivity contribution in [2.75, 3.05) is 7.11 Å². The van der Waals surface area contributed by atoms with Gasteiger partial charge in [0.15, 0.2) is 0 Å². The van der Waals surface area contributed by atoms with Crippen molar-refractivity contribution in [3.8, 4) is 6.07 Å².